The van der Waals surface area contributed by atoms with Crippen LogP contribution in [-0.4, -0.2) is 20.7 Å². The quantitative estimate of drug-likeness (QED) is 0.496. The molecule has 0 radical (unpaired) electrons. The monoisotopic (exact) mass is 438 g/mol. The zero-order valence-electron chi connectivity index (χ0n) is 15.7. The lowest BCUT2D eigenvalue weighted by molar-refractivity contribution is 0.0941. The molecule has 0 fully saturated rings. The second-order valence-corrected chi connectivity index (χ2v) is 7.60. The number of carbonyl (C=O) groups is 1. The van der Waals surface area contributed by atoms with E-state index in [1.807, 2.05) is 51.2 Å². The molecule has 0 spiro atoms. The highest BCUT2D eigenvalue weighted by molar-refractivity contribution is 9.10. The summed E-state index contributed by atoms with van der Waals surface area (Å²) >= 11 is 3.43. The lowest BCUT2D eigenvalue weighted by Gasteiger charge is -2.15. The molecule has 4 rings (SSSR count). The molecule has 0 aliphatic rings. The number of hydrogen-bond donors (Lipinski definition) is 1. The van der Waals surface area contributed by atoms with Crippen LogP contribution in [0.4, 0.5) is 0 Å². The summed E-state index contributed by atoms with van der Waals surface area (Å²) in [6.45, 7) is 3.84. The maximum atomic E-state index is 13.2. The van der Waals surface area contributed by atoms with Crippen molar-refractivity contribution in [3.05, 3.63) is 70.0 Å². The number of halogens is 1. The Kier molecular flexibility index (Phi) is 4.77. The summed E-state index contributed by atoms with van der Waals surface area (Å²) in [4.78, 5) is 17.8. The molecule has 0 aliphatic carbocycles. The molecule has 0 bridgehead atoms. The molecule has 142 valence electrons. The normalized spacial score (nSPS) is 12.3. The first-order valence-electron chi connectivity index (χ1n) is 8.88. The molecule has 3 heterocycles. The first-order valence-corrected chi connectivity index (χ1v) is 9.68. The van der Waals surface area contributed by atoms with Gasteiger partial charge in [0.2, 0.25) is 0 Å². The number of aryl methyl sites for hydroxylation is 2. The minimum Gasteiger partial charge on any atom is -0.463 e. The van der Waals surface area contributed by atoms with Crippen molar-refractivity contribution in [1.29, 1.82) is 0 Å². The van der Waals surface area contributed by atoms with E-state index in [2.05, 4.69) is 31.3 Å². The van der Waals surface area contributed by atoms with Crippen LogP contribution >= 0.6 is 15.9 Å². The number of carbonyl (C=O) groups excluding carboxylic acids is 1. The van der Waals surface area contributed by atoms with Gasteiger partial charge in [-0.1, -0.05) is 28.1 Å². The van der Waals surface area contributed by atoms with E-state index in [0.717, 1.165) is 21.1 Å². The number of rotatable bonds is 4. The molecular weight excluding hydrogens is 420 g/mol. The SMILES string of the molecule is Cc1nn(C)c2nc(-c3ccco3)cc(C(=O)NC(C)c3ccc(Br)cc3)c12. The maximum absolute atomic E-state index is 13.2. The number of nitrogens with zero attached hydrogens (tertiary/aromatic N) is 3. The average Bonchev–Trinajstić information content (AvgIpc) is 3.30. The van der Waals surface area contributed by atoms with E-state index in [1.165, 1.54) is 0 Å². The van der Waals surface area contributed by atoms with Gasteiger partial charge in [0.25, 0.3) is 5.91 Å². The minimum absolute atomic E-state index is 0.146. The molecule has 1 aromatic carbocycles. The largest absolute Gasteiger partial charge is 0.463 e. The fourth-order valence-electron chi connectivity index (χ4n) is 3.28. The first kappa shape index (κ1) is 18.4. The predicted molar refractivity (Wildman–Crippen MR) is 111 cm³/mol. The third kappa shape index (κ3) is 3.33. The molecule has 0 saturated heterocycles. The van der Waals surface area contributed by atoms with Gasteiger partial charge in [0.05, 0.1) is 28.9 Å². The van der Waals surface area contributed by atoms with E-state index in [4.69, 9.17) is 4.42 Å². The van der Waals surface area contributed by atoms with Gasteiger partial charge in [-0.3, -0.25) is 9.48 Å². The Labute approximate surface area is 170 Å². The van der Waals surface area contributed by atoms with Gasteiger partial charge in [-0.25, -0.2) is 4.98 Å². The van der Waals surface area contributed by atoms with Gasteiger partial charge < -0.3 is 9.73 Å². The van der Waals surface area contributed by atoms with E-state index >= 15 is 0 Å². The fraction of sp³-hybridized carbons (Fsp3) is 0.190. The zero-order chi connectivity index (χ0) is 19.8. The van der Waals surface area contributed by atoms with Gasteiger partial charge in [-0.2, -0.15) is 5.10 Å². The van der Waals surface area contributed by atoms with Gasteiger partial charge in [0.15, 0.2) is 11.4 Å². The van der Waals surface area contributed by atoms with Crippen LogP contribution in [0, 0.1) is 6.92 Å². The second kappa shape index (κ2) is 7.24. The topological polar surface area (TPSA) is 73.0 Å². The van der Waals surface area contributed by atoms with Crippen LogP contribution in [0.5, 0.6) is 0 Å². The maximum Gasteiger partial charge on any atom is 0.252 e. The van der Waals surface area contributed by atoms with Crippen molar-refractivity contribution in [2.24, 2.45) is 7.05 Å². The lowest BCUT2D eigenvalue weighted by atomic mass is 10.1. The smallest absolute Gasteiger partial charge is 0.252 e. The van der Waals surface area contributed by atoms with Crippen molar-refractivity contribution in [2.75, 3.05) is 0 Å². The molecule has 6 nitrogen and oxygen atoms in total. The van der Waals surface area contributed by atoms with Crippen molar-refractivity contribution in [1.82, 2.24) is 20.1 Å². The molecule has 1 N–H and O–H groups in total. The summed E-state index contributed by atoms with van der Waals surface area (Å²) in [7, 11) is 1.82. The van der Waals surface area contributed by atoms with E-state index in [-0.39, 0.29) is 11.9 Å². The molecular formula is C21H19BrN4O2. The van der Waals surface area contributed by atoms with Gasteiger partial charge in [-0.15, -0.1) is 0 Å². The Bertz CT molecular complexity index is 1150. The summed E-state index contributed by atoms with van der Waals surface area (Å²) in [5.41, 5.74) is 3.56. The van der Waals surface area contributed by atoms with E-state index in [1.54, 1.807) is 23.1 Å². The second-order valence-electron chi connectivity index (χ2n) is 6.69. The van der Waals surface area contributed by atoms with Crippen LogP contribution in [0.1, 0.15) is 34.6 Å². The molecule has 0 aliphatic heterocycles. The van der Waals surface area contributed by atoms with Crippen molar-refractivity contribution in [3.63, 3.8) is 0 Å². The number of benzene rings is 1. The Morgan fingerprint density at radius 2 is 2.00 bits per heavy atom. The van der Waals surface area contributed by atoms with Gasteiger partial charge in [-0.05, 0) is 49.7 Å². The molecule has 1 amide bonds. The number of amides is 1. The number of pyridine rings is 1. The average molecular weight is 439 g/mol. The highest BCUT2D eigenvalue weighted by Crippen LogP contribution is 2.27. The van der Waals surface area contributed by atoms with E-state index in [0.29, 0.717) is 22.7 Å². The molecule has 4 aromatic rings. The minimum atomic E-state index is -0.174. The molecule has 28 heavy (non-hydrogen) atoms. The number of hydrogen-bond acceptors (Lipinski definition) is 4. The Hall–Kier alpha value is -2.93. The van der Waals surface area contributed by atoms with Crippen molar-refractivity contribution in [3.8, 4) is 11.5 Å². The molecule has 7 heteroatoms. The highest BCUT2D eigenvalue weighted by Gasteiger charge is 2.21. The third-order valence-electron chi connectivity index (χ3n) is 4.70. The van der Waals surface area contributed by atoms with E-state index < -0.39 is 0 Å². The number of aromatic nitrogens is 3. The summed E-state index contributed by atoms with van der Waals surface area (Å²) in [5.74, 6) is 0.433. The van der Waals surface area contributed by atoms with Gasteiger partial charge in [0, 0.05) is 11.5 Å². The van der Waals surface area contributed by atoms with Crippen molar-refractivity contribution >= 4 is 32.9 Å². The van der Waals surface area contributed by atoms with Gasteiger partial charge in [0.1, 0.15) is 5.69 Å². The number of furan rings is 1. The molecule has 1 unspecified atom stereocenters. The summed E-state index contributed by atoms with van der Waals surface area (Å²) in [5, 5.41) is 8.27. The van der Waals surface area contributed by atoms with Crippen LogP contribution in [-0.2, 0) is 7.05 Å². The lowest BCUT2D eigenvalue weighted by Crippen LogP contribution is -2.27. The zero-order valence-corrected chi connectivity index (χ0v) is 17.3. The Morgan fingerprint density at radius 3 is 2.68 bits per heavy atom. The van der Waals surface area contributed by atoms with Gasteiger partial charge >= 0.3 is 0 Å². The molecule has 0 saturated carbocycles. The summed E-state index contributed by atoms with van der Waals surface area (Å²) in [6.07, 6.45) is 1.59. The standard InChI is InChI=1S/C21H19BrN4O2/c1-12(14-6-8-15(22)9-7-14)23-21(27)16-11-17(18-5-4-10-28-18)24-20-19(16)13(2)25-26(20)3/h4-12H,1-3H3,(H,23,27). The number of nitrogens with one attached hydrogen (secondary N) is 1. The fourth-order valence-corrected chi connectivity index (χ4v) is 3.55. The van der Waals surface area contributed by atoms with Crippen molar-refractivity contribution < 1.29 is 9.21 Å². The van der Waals surface area contributed by atoms with Crippen LogP contribution in [0.15, 0.2) is 57.6 Å². The van der Waals surface area contributed by atoms with Crippen LogP contribution < -0.4 is 5.32 Å². The third-order valence-corrected chi connectivity index (χ3v) is 5.23. The molecule has 3 aromatic heterocycles. The molecule has 1 atom stereocenters. The van der Waals surface area contributed by atoms with Crippen LogP contribution in [0.3, 0.4) is 0 Å². The Morgan fingerprint density at radius 1 is 1.25 bits per heavy atom. The summed E-state index contributed by atoms with van der Waals surface area (Å²) in [6, 6.07) is 13.1. The summed E-state index contributed by atoms with van der Waals surface area (Å²) < 4.78 is 8.17. The number of fused-ring (bicyclic) bond motifs is 1. The van der Waals surface area contributed by atoms with Crippen molar-refractivity contribution in [2.45, 2.75) is 19.9 Å². The highest BCUT2D eigenvalue weighted by atomic mass is 79.9. The first-order chi connectivity index (χ1) is 13.4. The van der Waals surface area contributed by atoms with Crippen LogP contribution in [0.25, 0.3) is 22.5 Å². The Balaban J connectivity index is 1.76. The van der Waals surface area contributed by atoms with E-state index in [9.17, 15) is 4.79 Å². The predicted octanol–water partition coefficient (Wildman–Crippen LogP) is 4.79. The van der Waals surface area contributed by atoms with Crippen LogP contribution in [0.2, 0.25) is 0 Å².